The number of anilines is 1. The number of nitrogens with one attached hydrogen (secondary N) is 1. The fourth-order valence-electron chi connectivity index (χ4n) is 1.79. The van der Waals surface area contributed by atoms with Gasteiger partial charge in [0.15, 0.2) is 0 Å². The summed E-state index contributed by atoms with van der Waals surface area (Å²) in [7, 11) is 0. The van der Waals surface area contributed by atoms with E-state index in [0.29, 0.717) is 10.6 Å². The maximum absolute atomic E-state index is 13.2. The summed E-state index contributed by atoms with van der Waals surface area (Å²) in [4.78, 5) is 2.19. The lowest BCUT2D eigenvalue weighted by Crippen LogP contribution is -2.43. The molecule has 0 amide bonds. The summed E-state index contributed by atoms with van der Waals surface area (Å²) >= 11 is 6.03. The third-order valence-electron chi connectivity index (χ3n) is 2.69. The molecule has 1 N–H and O–H groups in total. The number of rotatable bonds is 1. The summed E-state index contributed by atoms with van der Waals surface area (Å²) in [5, 5.41) is 3.77. The van der Waals surface area contributed by atoms with Crippen molar-refractivity contribution in [1.29, 1.82) is 0 Å². The first-order chi connectivity index (χ1) is 7.18. The maximum Gasteiger partial charge on any atom is 0.127 e. The molecule has 0 bridgehead atoms. The normalized spacial score (nSPS) is 16.9. The zero-order valence-electron chi connectivity index (χ0n) is 8.69. The summed E-state index contributed by atoms with van der Waals surface area (Å²) in [5.74, 6) is -0.237. The van der Waals surface area contributed by atoms with Gasteiger partial charge in [0.2, 0.25) is 0 Å². The third-order valence-corrected chi connectivity index (χ3v) is 2.99. The van der Waals surface area contributed by atoms with Crippen molar-refractivity contribution < 1.29 is 4.39 Å². The first kappa shape index (κ1) is 10.7. The molecule has 1 aliphatic heterocycles. The molecule has 2 rings (SSSR count). The van der Waals surface area contributed by atoms with E-state index in [1.807, 2.05) is 6.07 Å². The van der Waals surface area contributed by atoms with Crippen LogP contribution in [0.2, 0.25) is 5.02 Å². The number of hydrogen-bond donors (Lipinski definition) is 1. The topological polar surface area (TPSA) is 15.3 Å². The second kappa shape index (κ2) is 4.37. The van der Waals surface area contributed by atoms with Gasteiger partial charge in [-0.15, -0.1) is 0 Å². The highest BCUT2D eigenvalue weighted by atomic mass is 35.5. The van der Waals surface area contributed by atoms with Gasteiger partial charge in [-0.3, -0.25) is 0 Å². The minimum Gasteiger partial charge on any atom is -0.368 e. The molecule has 1 heterocycles. The molecule has 0 aromatic heterocycles. The summed E-state index contributed by atoms with van der Waals surface area (Å²) in [6.45, 7) is 5.51. The summed E-state index contributed by atoms with van der Waals surface area (Å²) in [6.07, 6.45) is 0. The number of hydrogen-bond acceptors (Lipinski definition) is 2. The van der Waals surface area contributed by atoms with Crippen LogP contribution in [0, 0.1) is 12.7 Å². The maximum atomic E-state index is 13.2. The van der Waals surface area contributed by atoms with Crippen molar-refractivity contribution in [2.75, 3.05) is 31.1 Å². The number of halogens is 2. The van der Waals surface area contributed by atoms with Crippen molar-refractivity contribution >= 4 is 17.3 Å². The van der Waals surface area contributed by atoms with Crippen LogP contribution in [0.5, 0.6) is 0 Å². The lowest BCUT2D eigenvalue weighted by molar-refractivity contribution is 0.586. The molecule has 82 valence electrons. The zero-order valence-corrected chi connectivity index (χ0v) is 9.44. The number of aryl methyl sites for hydroxylation is 1. The smallest absolute Gasteiger partial charge is 0.127 e. The summed E-state index contributed by atoms with van der Waals surface area (Å²) < 4.78 is 13.2. The Hall–Kier alpha value is -0.800. The van der Waals surface area contributed by atoms with Gasteiger partial charge in [0.25, 0.3) is 0 Å². The van der Waals surface area contributed by atoms with Gasteiger partial charge in [0.1, 0.15) is 5.82 Å². The Morgan fingerprint density at radius 1 is 1.33 bits per heavy atom. The van der Waals surface area contributed by atoms with Gasteiger partial charge in [-0.05, 0) is 24.6 Å². The second-order valence-corrected chi connectivity index (χ2v) is 4.20. The molecule has 15 heavy (non-hydrogen) atoms. The average Bonchev–Trinajstić information content (AvgIpc) is 2.25. The van der Waals surface area contributed by atoms with E-state index in [1.54, 1.807) is 6.92 Å². The van der Waals surface area contributed by atoms with Crippen LogP contribution in [0.4, 0.5) is 10.1 Å². The molecular formula is C11H14ClFN2. The van der Waals surface area contributed by atoms with Crippen molar-refractivity contribution in [3.8, 4) is 0 Å². The molecule has 0 spiro atoms. The molecule has 1 saturated heterocycles. The summed E-state index contributed by atoms with van der Waals surface area (Å²) in [6, 6.07) is 3.22. The highest BCUT2D eigenvalue weighted by Gasteiger charge is 2.14. The van der Waals surface area contributed by atoms with Gasteiger partial charge in [0.05, 0.1) is 10.7 Å². The Kier molecular flexibility index (Phi) is 3.12. The van der Waals surface area contributed by atoms with E-state index in [-0.39, 0.29) is 5.82 Å². The van der Waals surface area contributed by atoms with Gasteiger partial charge in [-0.1, -0.05) is 11.6 Å². The highest BCUT2D eigenvalue weighted by Crippen LogP contribution is 2.28. The third kappa shape index (κ3) is 2.24. The first-order valence-corrected chi connectivity index (χ1v) is 5.47. The van der Waals surface area contributed by atoms with Crippen LogP contribution < -0.4 is 10.2 Å². The van der Waals surface area contributed by atoms with Crippen LogP contribution >= 0.6 is 11.6 Å². The molecule has 0 atom stereocenters. The molecule has 0 saturated carbocycles. The molecule has 4 heteroatoms. The van der Waals surface area contributed by atoms with Crippen LogP contribution in [0.1, 0.15) is 5.56 Å². The number of nitrogens with zero attached hydrogens (tertiary/aromatic N) is 1. The Balaban J connectivity index is 2.30. The van der Waals surface area contributed by atoms with E-state index < -0.39 is 0 Å². The van der Waals surface area contributed by atoms with Gasteiger partial charge in [0, 0.05) is 26.2 Å². The molecule has 1 aliphatic rings. The predicted molar refractivity (Wildman–Crippen MR) is 61.2 cm³/mol. The Morgan fingerprint density at radius 3 is 2.67 bits per heavy atom. The molecule has 0 radical (unpaired) electrons. The van der Waals surface area contributed by atoms with Crippen molar-refractivity contribution in [3.05, 3.63) is 28.5 Å². The van der Waals surface area contributed by atoms with Crippen LogP contribution in [0.3, 0.4) is 0 Å². The standard InChI is InChI=1S/C11H14ClFN2/c1-8-6-11(9(12)7-10(8)13)15-4-2-14-3-5-15/h6-7,14H,2-5H2,1H3. The first-order valence-electron chi connectivity index (χ1n) is 5.10. The van der Waals surface area contributed by atoms with Crippen molar-refractivity contribution in [2.45, 2.75) is 6.92 Å². The molecule has 0 aliphatic carbocycles. The van der Waals surface area contributed by atoms with Crippen LogP contribution in [0.25, 0.3) is 0 Å². The van der Waals surface area contributed by atoms with E-state index in [9.17, 15) is 4.39 Å². The highest BCUT2D eigenvalue weighted by molar-refractivity contribution is 6.33. The van der Waals surface area contributed by atoms with E-state index >= 15 is 0 Å². The lowest BCUT2D eigenvalue weighted by Gasteiger charge is -2.30. The Morgan fingerprint density at radius 2 is 2.00 bits per heavy atom. The average molecular weight is 229 g/mol. The Bertz CT molecular complexity index is 362. The quantitative estimate of drug-likeness (QED) is 0.793. The van der Waals surface area contributed by atoms with Gasteiger partial charge >= 0.3 is 0 Å². The zero-order chi connectivity index (χ0) is 10.8. The fourth-order valence-corrected chi connectivity index (χ4v) is 2.06. The van der Waals surface area contributed by atoms with Crippen molar-refractivity contribution in [2.24, 2.45) is 0 Å². The number of piperazine rings is 1. The van der Waals surface area contributed by atoms with E-state index in [1.165, 1.54) is 6.07 Å². The van der Waals surface area contributed by atoms with Crippen molar-refractivity contribution in [3.63, 3.8) is 0 Å². The van der Waals surface area contributed by atoms with Crippen LogP contribution in [-0.4, -0.2) is 26.2 Å². The molecule has 1 aromatic rings. The second-order valence-electron chi connectivity index (χ2n) is 3.79. The van der Waals surface area contributed by atoms with Crippen LogP contribution in [-0.2, 0) is 0 Å². The number of benzene rings is 1. The van der Waals surface area contributed by atoms with Gasteiger partial charge in [-0.25, -0.2) is 4.39 Å². The van der Waals surface area contributed by atoms with E-state index in [4.69, 9.17) is 11.6 Å². The fraction of sp³-hybridized carbons (Fsp3) is 0.455. The minimum absolute atomic E-state index is 0.237. The molecular weight excluding hydrogens is 215 g/mol. The SMILES string of the molecule is Cc1cc(N2CCNCC2)c(Cl)cc1F. The molecule has 1 fully saturated rings. The molecule has 0 unspecified atom stereocenters. The van der Waals surface area contributed by atoms with Gasteiger partial charge < -0.3 is 10.2 Å². The largest absolute Gasteiger partial charge is 0.368 e. The van der Waals surface area contributed by atoms with Crippen LogP contribution in [0.15, 0.2) is 12.1 Å². The molecule has 1 aromatic carbocycles. The molecule has 2 nitrogen and oxygen atoms in total. The predicted octanol–water partition coefficient (Wildman–Crippen LogP) is 2.20. The van der Waals surface area contributed by atoms with Gasteiger partial charge in [-0.2, -0.15) is 0 Å². The van der Waals surface area contributed by atoms with Crippen molar-refractivity contribution in [1.82, 2.24) is 5.32 Å². The Labute approximate surface area is 94.0 Å². The van der Waals surface area contributed by atoms with E-state index in [0.717, 1.165) is 31.9 Å². The summed E-state index contributed by atoms with van der Waals surface area (Å²) in [5.41, 5.74) is 1.59. The van der Waals surface area contributed by atoms with E-state index in [2.05, 4.69) is 10.2 Å². The lowest BCUT2D eigenvalue weighted by atomic mass is 10.2. The minimum atomic E-state index is -0.237. The monoisotopic (exact) mass is 228 g/mol.